The van der Waals surface area contributed by atoms with Crippen molar-refractivity contribution in [1.82, 2.24) is 0 Å². The molecule has 0 atom stereocenters. The van der Waals surface area contributed by atoms with Crippen LogP contribution in [0.25, 0.3) is 11.1 Å². The van der Waals surface area contributed by atoms with Gasteiger partial charge in [-0.15, -0.1) is 0 Å². The number of hydrogen-bond donors (Lipinski definition) is 0. The second-order valence-electron chi connectivity index (χ2n) is 6.88. The van der Waals surface area contributed by atoms with E-state index in [0.717, 1.165) is 26.5 Å². The lowest BCUT2D eigenvalue weighted by molar-refractivity contribution is -0.141. The molecular formula is C27H22O2S2. The van der Waals surface area contributed by atoms with Gasteiger partial charge >= 0.3 is 5.97 Å². The molecule has 0 saturated heterocycles. The quantitative estimate of drug-likeness (QED) is 0.171. The Balaban J connectivity index is 1.80. The molecule has 0 heterocycles. The molecule has 0 aliphatic rings. The molecule has 4 aromatic rings. The summed E-state index contributed by atoms with van der Waals surface area (Å²) in [5, 5.41) is 0. The molecule has 0 saturated carbocycles. The van der Waals surface area contributed by atoms with E-state index in [-0.39, 0.29) is 5.97 Å². The molecule has 31 heavy (non-hydrogen) atoms. The minimum Gasteiger partial charge on any atom is -0.467 e. The zero-order chi connectivity index (χ0) is 21.5. The number of ether oxygens (including phenoxy) is 1. The Morgan fingerprint density at radius 1 is 0.613 bits per heavy atom. The van der Waals surface area contributed by atoms with Gasteiger partial charge in [0.15, 0.2) is 4.08 Å². The van der Waals surface area contributed by atoms with Gasteiger partial charge in [-0.3, -0.25) is 0 Å². The van der Waals surface area contributed by atoms with Gasteiger partial charge in [-0.05, 0) is 41.0 Å². The summed E-state index contributed by atoms with van der Waals surface area (Å²) >= 11 is 3.01. The SMILES string of the molecule is COC(=O)C(Sc1ccccc1)(Sc1ccccc1)c1ccc(-c2ccccc2)cc1. The predicted molar refractivity (Wildman–Crippen MR) is 130 cm³/mol. The molecule has 4 rings (SSSR count). The van der Waals surface area contributed by atoms with E-state index < -0.39 is 4.08 Å². The third-order valence-electron chi connectivity index (χ3n) is 4.84. The molecular weight excluding hydrogens is 420 g/mol. The Labute approximate surface area is 191 Å². The van der Waals surface area contributed by atoms with Crippen molar-refractivity contribution in [3.8, 4) is 11.1 Å². The first-order valence-electron chi connectivity index (χ1n) is 9.94. The summed E-state index contributed by atoms with van der Waals surface area (Å²) in [6.45, 7) is 0. The van der Waals surface area contributed by atoms with Gasteiger partial charge in [0.2, 0.25) is 0 Å². The van der Waals surface area contributed by atoms with Crippen LogP contribution in [0.2, 0.25) is 0 Å². The Morgan fingerprint density at radius 2 is 1.03 bits per heavy atom. The Hall–Kier alpha value is -2.95. The molecule has 154 valence electrons. The van der Waals surface area contributed by atoms with Crippen LogP contribution >= 0.6 is 23.5 Å². The van der Waals surface area contributed by atoms with Gasteiger partial charge < -0.3 is 4.74 Å². The lowest BCUT2D eigenvalue weighted by atomic mass is 10.0. The maximum absolute atomic E-state index is 13.3. The summed E-state index contributed by atoms with van der Waals surface area (Å²) < 4.78 is 4.37. The highest BCUT2D eigenvalue weighted by molar-refractivity contribution is 8.18. The first-order chi connectivity index (χ1) is 15.2. The van der Waals surface area contributed by atoms with E-state index in [9.17, 15) is 4.79 Å². The van der Waals surface area contributed by atoms with Crippen LogP contribution in [0.1, 0.15) is 5.56 Å². The van der Waals surface area contributed by atoms with E-state index in [1.54, 1.807) is 0 Å². The number of carbonyl (C=O) groups excluding carboxylic acids is 1. The van der Waals surface area contributed by atoms with Crippen LogP contribution in [0, 0.1) is 0 Å². The number of carbonyl (C=O) groups is 1. The van der Waals surface area contributed by atoms with Crippen LogP contribution in [-0.4, -0.2) is 13.1 Å². The summed E-state index contributed by atoms with van der Waals surface area (Å²) in [6, 6.07) is 38.4. The van der Waals surface area contributed by atoms with Gasteiger partial charge in [-0.25, -0.2) is 4.79 Å². The molecule has 0 bridgehead atoms. The summed E-state index contributed by atoms with van der Waals surface area (Å²) in [5.74, 6) is -0.289. The third kappa shape index (κ3) is 4.87. The standard InChI is InChI=1S/C27H22O2S2/c1-29-26(28)27(30-24-13-7-3-8-14-24,31-25-15-9-4-10-16-25)23-19-17-22(18-20-23)21-11-5-2-6-12-21/h2-20H,1H3. The molecule has 0 radical (unpaired) electrons. The topological polar surface area (TPSA) is 26.3 Å². The predicted octanol–water partition coefficient (Wildman–Crippen LogP) is 7.26. The van der Waals surface area contributed by atoms with E-state index >= 15 is 0 Å². The molecule has 0 amide bonds. The molecule has 0 aliphatic heterocycles. The molecule has 0 fully saturated rings. The molecule has 0 N–H and O–H groups in total. The van der Waals surface area contributed by atoms with Crippen LogP contribution in [0.5, 0.6) is 0 Å². The van der Waals surface area contributed by atoms with E-state index in [0.29, 0.717) is 0 Å². The molecule has 0 unspecified atom stereocenters. The van der Waals surface area contributed by atoms with Crippen molar-refractivity contribution in [2.45, 2.75) is 13.9 Å². The van der Waals surface area contributed by atoms with Crippen molar-refractivity contribution in [3.05, 3.63) is 121 Å². The summed E-state index contributed by atoms with van der Waals surface area (Å²) in [6.07, 6.45) is 0. The van der Waals surface area contributed by atoms with Crippen LogP contribution in [0.4, 0.5) is 0 Å². The molecule has 4 heteroatoms. The average Bonchev–Trinajstić information content (AvgIpc) is 2.85. The number of thioether (sulfide) groups is 2. The highest BCUT2D eigenvalue weighted by Gasteiger charge is 2.44. The van der Waals surface area contributed by atoms with Gasteiger partial charge in [0.1, 0.15) is 0 Å². The van der Waals surface area contributed by atoms with Crippen molar-refractivity contribution in [2.75, 3.05) is 7.11 Å². The summed E-state index contributed by atoms with van der Waals surface area (Å²) in [5.41, 5.74) is 3.14. The number of hydrogen-bond acceptors (Lipinski definition) is 4. The Bertz CT molecular complexity index is 1070. The highest BCUT2D eigenvalue weighted by Crippen LogP contribution is 2.53. The van der Waals surface area contributed by atoms with Gasteiger partial charge in [0.25, 0.3) is 0 Å². The highest BCUT2D eigenvalue weighted by atomic mass is 32.2. The third-order valence-corrected chi connectivity index (χ3v) is 7.73. The van der Waals surface area contributed by atoms with Gasteiger partial charge in [0.05, 0.1) is 7.11 Å². The van der Waals surface area contributed by atoms with E-state index in [1.165, 1.54) is 30.6 Å². The van der Waals surface area contributed by atoms with Crippen LogP contribution < -0.4 is 0 Å². The second-order valence-corrected chi connectivity index (χ2v) is 9.72. The van der Waals surface area contributed by atoms with Gasteiger partial charge in [-0.1, -0.05) is 115 Å². The zero-order valence-electron chi connectivity index (χ0n) is 17.1. The lowest BCUT2D eigenvalue weighted by Crippen LogP contribution is -2.30. The lowest BCUT2D eigenvalue weighted by Gasteiger charge is -2.30. The fraction of sp³-hybridized carbons (Fsp3) is 0.0741. The molecule has 4 aromatic carbocycles. The number of benzene rings is 4. The minimum absolute atomic E-state index is 0.289. The van der Waals surface area contributed by atoms with Crippen molar-refractivity contribution >= 4 is 29.5 Å². The van der Waals surface area contributed by atoms with E-state index in [2.05, 4.69) is 24.3 Å². The maximum atomic E-state index is 13.3. The molecule has 0 spiro atoms. The Morgan fingerprint density at radius 3 is 1.48 bits per heavy atom. The number of rotatable bonds is 7. The van der Waals surface area contributed by atoms with Gasteiger partial charge in [-0.2, -0.15) is 0 Å². The fourth-order valence-corrected chi connectivity index (χ4v) is 6.13. The molecule has 0 aliphatic carbocycles. The van der Waals surface area contributed by atoms with Crippen LogP contribution in [0.15, 0.2) is 125 Å². The largest absolute Gasteiger partial charge is 0.467 e. The second kappa shape index (κ2) is 9.90. The molecule has 0 aromatic heterocycles. The van der Waals surface area contributed by atoms with Crippen molar-refractivity contribution in [3.63, 3.8) is 0 Å². The van der Waals surface area contributed by atoms with Crippen molar-refractivity contribution in [1.29, 1.82) is 0 Å². The first kappa shape index (κ1) is 21.3. The van der Waals surface area contributed by atoms with Crippen molar-refractivity contribution in [2.24, 2.45) is 0 Å². The zero-order valence-corrected chi connectivity index (χ0v) is 18.7. The monoisotopic (exact) mass is 442 g/mol. The Kier molecular flexibility index (Phi) is 6.80. The number of methoxy groups -OCH3 is 1. The molecule has 2 nitrogen and oxygen atoms in total. The summed E-state index contributed by atoms with van der Waals surface area (Å²) in [4.78, 5) is 15.3. The average molecular weight is 443 g/mol. The smallest absolute Gasteiger partial charge is 0.337 e. The van der Waals surface area contributed by atoms with Crippen LogP contribution in [-0.2, 0) is 13.6 Å². The van der Waals surface area contributed by atoms with E-state index in [4.69, 9.17) is 4.74 Å². The first-order valence-corrected chi connectivity index (χ1v) is 11.6. The van der Waals surface area contributed by atoms with Crippen molar-refractivity contribution < 1.29 is 9.53 Å². The maximum Gasteiger partial charge on any atom is 0.337 e. The van der Waals surface area contributed by atoms with Gasteiger partial charge in [0, 0.05) is 9.79 Å². The number of esters is 1. The fourth-order valence-electron chi connectivity index (χ4n) is 3.30. The minimum atomic E-state index is -0.979. The normalized spacial score (nSPS) is 11.1. The summed E-state index contributed by atoms with van der Waals surface area (Å²) in [7, 11) is 1.45. The van der Waals surface area contributed by atoms with Crippen LogP contribution in [0.3, 0.4) is 0 Å². The van der Waals surface area contributed by atoms with E-state index in [1.807, 2.05) is 91.0 Å².